The maximum absolute atomic E-state index is 4.22. The lowest BCUT2D eigenvalue weighted by molar-refractivity contribution is -0.705. The molecule has 0 saturated carbocycles. The van der Waals surface area contributed by atoms with Crippen LogP contribution in [0.4, 0.5) is 0 Å². The van der Waals surface area contributed by atoms with Gasteiger partial charge in [-0.2, -0.15) is 0 Å². The highest BCUT2D eigenvalue weighted by molar-refractivity contribution is 5.78. The number of para-hydroxylation sites is 1. The Bertz CT molecular complexity index is 386. The zero-order chi connectivity index (χ0) is 8.55. The Morgan fingerprint density at radius 1 is 1.23 bits per heavy atom. The second kappa shape index (κ2) is 4.00. The Morgan fingerprint density at radius 2 is 1.92 bits per heavy atom. The van der Waals surface area contributed by atoms with Gasteiger partial charge < -0.3 is 24.0 Å². The summed E-state index contributed by atoms with van der Waals surface area (Å²) < 4.78 is 1.89. The van der Waals surface area contributed by atoms with Crippen molar-refractivity contribution in [2.75, 3.05) is 0 Å². The predicted octanol–water partition coefficient (Wildman–Crippen LogP) is -1.63. The third-order valence-electron chi connectivity index (χ3n) is 2.10. The fourth-order valence-corrected chi connectivity index (χ4v) is 1.39. The van der Waals surface area contributed by atoms with Crippen molar-refractivity contribution < 1.29 is 28.7 Å². The summed E-state index contributed by atoms with van der Waals surface area (Å²) in [6.07, 6.45) is 1.89. The van der Waals surface area contributed by atoms with Gasteiger partial charge in [0.15, 0.2) is 7.05 Å². The Balaban J connectivity index is 0.000000845. The van der Waals surface area contributed by atoms with Gasteiger partial charge in [-0.15, -0.1) is 0 Å². The first-order chi connectivity index (χ1) is 5.79. The average Bonchev–Trinajstić information content (AvgIpc) is 2.12. The SMILES string of the molecule is Cc1cn[n+](C)c2ccccc12.[I-]. The number of nitrogens with zero attached hydrogens (tertiary/aromatic N) is 2. The smallest absolute Gasteiger partial charge is 0.239 e. The Morgan fingerprint density at radius 3 is 2.62 bits per heavy atom. The molecule has 2 rings (SSSR count). The van der Waals surface area contributed by atoms with Crippen LogP contribution < -0.4 is 28.7 Å². The summed E-state index contributed by atoms with van der Waals surface area (Å²) in [5.41, 5.74) is 2.40. The minimum absolute atomic E-state index is 0. The Hall–Kier alpha value is -0.710. The molecule has 68 valence electrons. The molecule has 1 aromatic carbocycles. The van der Waals surface area contributed by atoms with Crippen LogP contribution in [-0.4, -0.2) is 5.10 Å². The molecule has 0 bridgehead atoms. The number of hydrogen-bond donors (Lipinski definition) is 0. The van der Waals surface area contributed by atoms with E-state index in [-0.39, 0.29) is 24.0 Å². The van der Waals surface area contributed by atoms with E-state index in [0.29, 0.717) is 0 Å². The van der Waals surface area contributed by atoms with E-state index in [4.69, 9.17) is 0 Å². The molecular weight excluding hydrogens is 275 g/mol. The van der Waals surface area contributed by atoms with E-state index in [1.54, 1.807) is 0 Å². The molecule has 0 N–H and O–H groups in total. The Labute approximate surface area is 94.6 Å². The first kappa shape index (κ1) is 10.4. The van der Waals surface area contributed by atoms with Crippen LogP contribution in [0.3, 0.4) is 0 Å². The molecule has 0 amide bonds. The fraction of sp³-hybridized carbons (Fsp3) is 0.200. The van der Waals surface area contributed by atoms with Crippen LogP contribution in [-0.2, 0) is 7.05 Å². The highest BCUT2D eigenvalue weighted by Crippen LogP contribution is 2.11. The summed E-state index contributed by atoms with van der Waals surface area (Å²) in [5.74, 6) is 0. The van der Waals surface area contributed by atoms with Gasteiger partial charge in [0.2, 0.25) is 5.52 Å². The second-order valence-electron chi connectivity index (χ2n) is 2.97. The summed E-state index contributed by atoms with van der Waals surface area (Å²) in [5, 5.41) is 5.50. The standard InChI is InChI=1S/C10H11N2.HI/c1-8-7-11-12(2)10-6-4-3-5-9(8)10;/h3-7H,1-2H3;1H/q+1;/p-1. The summed E-state index contributed by atoms with van der Waals surface area (Å²) in [7, 11) is 1.96. The number of benzene rings is 1. The number of hydrogen-bond acceptors (Lipinski definition) is 1. The van der Waals surface area contributed by atoms with Gasteiger partial charge in [-0.1, -0.05) is 16.8 Å². The van der Waals surface area contributed by atoms with E-state index in [1.807, 2.05) is 24.0 Å². The van der Waals surface area contributed by atoms with Crippen molar-refractivity contribution >= 4 is 10.9 Å². The molecular formula is C10H11IN2. The molecule has 2 nitrogen and oxygen atoms in total. The molecule has 0 spiro atoms. The molecule has 0 unspecified atom stereocenters. The van der Waals surface area contributed by atoms with Gasteiger partial charge in [-0.25, -0.2) is 0 Å². The van der Waals surface area contributed by atoms with Gasteiger partial charge in [0.05, 0.1) is 11.6 Å². The van der Waals surface area contributed by atoms with Gasteiger partial charge in [-0.05, 0) is 23.7 Å². The van der Waals surface area contributed by atoms with Gasteiger partial charge in [0, 0.05) is 6.07 Å². The lowest BCUT2D eigenvalue weighted by atomic mass is 10.1. The van der Waals surface area contributed by atoms with Crippen LogP contribution in [0.15, 0.2) is 30.5 Å². The number of aryl methyl sites for hydroxylation is 2. The minimum atomic E-state index is 0. The van der Waals surface area contributed by atoms with Crippen molar-refractivity contribution in [1.29, 1.82) is 0 Å². The van der Waals surface area contributed by atoms with Gasteiger partial charge in [0.1, 0.15) is 0 Å². The van der Waals surface area contributed by atoms with Gasteiger partial charge in [-0.3, -0.25) is 0 Å². The molecule has 0 aliphatic heterocycles. The van der Waals surface area contributed by atoms with Crippen molar-refractivity contribution in [3.05, 3.63) is 36.0 Å². The second-order valence-corrected chi connectivity index (χ2v) is 2.97. The highest BCUT2D eigenvalue weighted by Gasteiger charge is 2.05. The molecule has 0 radical (unpaired) electrons. The van der Waals surface area contributed by atoms with Crippen LogP contribution in [0.1, 0.15) is 5.56 Å². The van der Waals surface area contributed by atoms with E-state index < -0.39 is 0 Å². The molecule has 0 saturated heterocycles. The summed E-state index contributed by atoms with van der Waals surface area (Å²) in [6.45, 7) is 2.08. The van der Waals surface area contributed by atoms with Crippen LogP contribution in [0.5, 0.6) is 0 Å². The van der Waals surface area contributed by atoms with Crippen molar-refractivity contribution in [3.63, 3.8) is 0 Å². The molecule has 0 fully saturated rings. The number of fused-ring (bicyclic) bond motifs is 1. The van der Waals surface area contributed by atoms with Crippen molar-refractivity contribution in [2.24, 2.45) is 7.05 Å². The maximum Gasteiger partial charge on any atom is 0.239 e. The first-order valence-corrected chi connectivity index (χ1v) is 4.00. The van der Waals surface area contributed by atoms with E-state index >= 15 is 0 Å². The fourth-order valence-electron chi connectivity index (χ4n) is 1.39. The molecule has 0 atom stereocenters. The normalized spacial score (nSPS) is 9.69. The topological polar surface area (TPSA) is 16.8 Å². The molecule has 1 aromatic heterocycles. The van der Waals surface area contributed by atoms with E-state index in [9.17, 15) is 0 Å². The summed E-state index contributed by atoms with van der Waals surface area (Å²) >= 11 is 0. The zero-order valence-corrected chi connectivity index (χ0v) is 9.82. The third kappa shape index (κ3) is 1.80. The van der Waals surface area contributed by atoms with Gasteiger partial charge in [0.25, 0.3) is 0 Å². The number of aromatic nitrogens is 2. The van der Waals surface area contributed by atoms with Crippen LogP contribution in [0.25, 0.3) is 10.9 Å². The summed E-state index contributed by atoms with van der Waals surface area (Å²) in [6, 6.07) is 8.28. The summed E-state index contributed by atoms with van der Waals surface area (Å²) in [4.78, 5) is 0. The average molecular weight is 286 g/mol. The van der Waals surface area contributed by atoms with Crippen molar-refractivity contribution in [2.45, 2.75) is 6.92 Å². The van der Waals surface area contributed by atoms with E-state index in [2.05, 4.69) is 30.2 Å². The predicted molar refractivity (Wildman–Crippen MR) is 47.7 cm³/mol. The maximum atomic E-state index is 4.22. The first-order valence-electron chi connectivity index (χ1n) is 4.00. The van der Waals surface area contributed by atoms with Crippen molar-refractivity contribution in [3.8, 4) is 0 Å². The van der Waals surface area contributed by atoms with E-state index in [0.717, 1.165) is 0 Å². The largest absolute Gasteiger partial charge is 1.00 e. The molecule has 1 heterocycles. The van der Waals surface area contributed by atoms with Crippen LogP contribution in [0.2, 0.25) is 0 Å². The van der Waals surface area contributed by atoms with Crippen LogP contribution in [0, 0.1) is 6.92 Å². The molecule has 3 heteroatoms. The number of halogens is 1. The lowest BCUT2D eigenvalue weighted by Crippen LogP contribution is -3.00. The Kier molecular flexibility index (Phi) is 3.19. The highest BCUT2D eigenvalue weighted by atomic mass is 127. The van der Waals surface area contributed by atoms with E-state index in [1.165, 1.54) is 16.5 Å². The number of rotatable bonds is 0. The van der Waals surface area contributed by atoms with Crippen LogP contribution >= 0.6 is 0 Å². The lowest BCUT2D eigenvalue weighted by Gasteiger charge is -1.96. The minimum Gasteiger partial charge on any atom is -1.00 e. The molecule has 0 aliphatic rings. The third-order valence-corrected chi connectivity index (χ3v) is 2.10. The van der Waals surface area contributed by atoms with Gasteiger partial charge >= 0.3 is 0 Å². The zero-order valence-electron chi connectivity index (χ0n) is 7.66. The van der Waals surface area contributed by atoms with Crippen molar-refractivity contribution in [1.82, 2.24) is 5.10 Å². The monoisotopic (exact) mass is 286 g/mol. The molecule has 2 aromatic rings. The quantitative estimate of drug-likeness (QED) is 0.420. The molecule has 0 aliphatic carbocycles. The molecule has 13 heavy (non-hydrogen) atoms.